The minimum absolute atomic E-state index is 0.0887. The number of amides is 1. The number of rotatable bonds is 5. The molecule has 0 fully saturated rings. The van der Waals surface area contributed by atoms with Gasteiger partial charge in [-0.05, 0) is 18.6 Å². The Hall–Kier alpha value is -2.24. The van der Waals surface area contributed by atoms with Gasteiger partial charge >= 0.3 is 0 Å². The van der Waals surface area contributed by atoms with Crippen molar-refractivity contribution in [2.45, 2.75) is 13.3 Å². The third-order valence-corrected chi connectivity index (χ3v) is 2.96. The van der Waals surface area contributed by atoms with Crippen LogP contribution in [0.1, 0.15) is 13.3 Å². The number of hydrogen-bond donors (Lipinski definition) is 2. The molecule has 1 amide bonds. The predicted molar refractivity (Wildman–Crippen MR) is 73.6 cm³/mol. The zero-order valence-electron chi connectivity index (χ0n) is 11.3. The lowest BCUT2D eigenvalue weighted by Gasteiger charge is -2.23. The molecule has 3 N–H and O–H groups in total. The van der Waals surface area contributed by atoms with Gasteiger partial charge in [0.1, 0.15) is 5.75 Å². The first kappa shape index (κ1) is 14.8. The van der Waals surface area contributed by atoms with Crippen LogP contribution in [0.15, 0.2) is 29.4 Å². The zero-order valence-corrected chi connectivity index (χ0v) is 11.3. The Morgan fingerprint density at radius 3 is 2.68 bits per heavy atom. The summed E-state index contributed by atoms with van der Waals surface area (Å²) in [5.41, 5.74) is 6.17. The van der Waals surface area contributed by atoms with Crippen molar-refractivity contribution in [1.82, 2.24) is 0 Å². The highest BCUT2D eigenvalue weighted by Gasteiger charge is 2.26. The van der Waals surface area contributed by atoms with Crippen LogP contribution < -0.4 is 15.4 Å². The van der Waals surface area contributed by atoms with Crippen LogP contribution >= 0.6 is 0 Å². The quantitative estimate of drug-likeness (QED) is 0.365. The molecule has 1 unspecified atom stereocenters. The lowest BCUT2D eigenvalue weighted by molar-refractivity contribution is -0.120. The second-order valence-electron chi connectivity index (χ2n) is 4.05. The van der Waals surface area contributed by atoms with Gasteiger partial charge in [-0.2, -0.15) is 0 Å². The molecule has 0 aliphatic heterocycles. The van der Waals surface area contributed by atoms with Crippen LogP contribution in [0.2, 0.25) is 0 Å². The van der Waals surface area contributed by atoms with Gasteiger partial charge in [0, 0.05) is 7.05 Å². The first-order valence-corrected chi connectivity index (χ1v) is 5.94. The highest BCUT2D eigenvalue weighted by molar-refractivity contribution is 6.09. The summed E-state index contributed by atoms with van der Waals surface area (Å²) in [5, 5.41) is 11.6. The number of hydrogen-bond acceptors (Lipinski definition) is 4. The van der Waals surface area contributed by atoms with Gasteiger partial charge in [-0.1, -0.05) is 24.2 Å². The summed E-state index contributed by atoms with van der Waals surface area (Å²) >= 11 is 0. The highest BCUT2D eigenvalue weighted by Crippen LogP contribution is 2.28. The Labute approximate surface area is 112 Å². The van der Waals surface area contributed by atoms with Crippen LogP contribution in [-0.2, 0) is 4.79 Å². The Balaban J connectivity index is 3.05. The molecule has 6 heteroatoms. The summed E-state index contributed by atoms with van der Waals surface area (Å²) in [7, 11) is 3.17. The Morgan fingerprint density at radius 2 is 2.16 bits per heavy atom. The average molecular weight is 265 g/mol. The third kappa shape index (κ3) is 3.15. The molecule has 0 bridgehead atoms. The molecule has 1 aromatic carbocycles. The highest BCUT2D eigenvalue weighted by atomic mass is 16.5. The van der Waals surface area contributed by atoms with E-state index in [9.17, 15) is 4.79 Å². The maximum Gasteiger partial charge on any atom is 0.237 e. The zero-order chi connectivity index (χ0) is 14.4. The van der Waals surface area contributed by atoms with E-state index in [0.29, 0.717) is 17.9 Å². The molecule has 0 radical (unpaired) electrons. The molecule has 6 nitrogen and oxygen atoms in total. The summed E-state index contributed by atoms with van der Waals surface area (Å²) in [6, 6.07) is 7.17. The van der Waals surface area contributed by atoms with E-state index in [1.54, 1.807) is 26.1 Å². The summed E-state index contributed by atoms with van der Waals surface area (Å²) in [5.74, 6) is -0.399. The van der Waals surface area contributed by atoms with Crippen LogP contribution in [0.5, 0.6) is 5.75 Å². The summed E-state index contributed by atoms with van der Waals surface area (Å²) in [6.07, 6.45) is 0.453. The van der Waals surface area contributed by atoms with Crippen LogP contribution in [0.25, 0.3) is 0 Å². The molecule has 1 rings (SSSR count). The number of oxime groups is 1. The second-order valence-corrected chi connectivity index (χ2v) is 4.05. The molecule has 19 heavy (non-hydrogen) atoms. The molecule has 0 aromatic heterocycles. The largest absolute Gasteiger partial charge is 0.495 e. The maximum atomic E-state index is 12.3. The molecule has 0 saturated carbocycles. The van der Waals surface area contributed by atoms with Gasteiger partial charge in [0.05, 0.1) is 18.7 Å². The van der Waals surface area contributed by atoms with Gasteiger partial charge in [0.2, 0.25) is 5.91 Å². The van der Waals surface area contributed by atoms with Gasteiger partial charge in [0.15, 0.2) is 5.84 Å². The van der Waals surface area contributed by atoms with Crippen molar-refractivity contribution in [1.29, 1.82) is 0 Å². The third-order valence-electron chi connectivity index (χ3n) is 2.96. The molecule has 0 aliphatic rings. The normalized spacial score (nSPS) is 12.9. The number of ether oxygens (including phenoxy) is 1. The van der Waals surface area contributed by atoms with E-state index in [0.717, 1.165) is 0 Å². The van der Waals surface area contributed by atoms with Crippen molar-refractivity contribution in [3.8, 4) is 5.75 Å². The Morgan fingerprint density at radius 1 is 1.53 bits per heavy atom. The molecular weight excluding hydrogens is 246 g/mol. The molecule has 0 spiro atoms. The minimum Gasteiger partial charge on any atom is -0.495 e. The Kier molecular flexibility index (Phi) is 5.17. The average Bonchev–Trinajstić information content (AvgIpc) is 2.46. The summed E-state index contributed by atoms with van der Waals surface area (Å²) < 4.78 is 5.21. The number of methoxy groups -OCH3 is 1. The van der Waals surface area contributed by atoms with Crippen molar-refractivity contribution in [3.63, 3.8) is 0 Å². The number of carbonyl (C=O) groups is 1. The lowest BCUT2D eigenvalue weighted by atomic mass is 10.0. The molecule has 1 aromatic rings. The van der Waals surface area contributed by atoms with E-state index in [-0.39, 0.29) is 11.7 Å². The molecule has 0 heterocycles. The van der Waals surface area contributed by atoms with E-state index in [4.69, 9.17) is 15.7 Å². The van der Waals surface area contributed by atoms with Gasteiger partial charge in [0.25, 0.3) is 0 Å². The van der Waals surface area contributed by atoms with Crippen molar-refractivity contribution in [2.24, 2.45) is 16.8 Å². The molecule has 1 atom stereocenters. The van der Waals surface area contributed by atoms with Gasteiger partial charge < -0.3 is 20.6 Å². The smallest absolute Gasteiger partial charge is 0.237 e. The Bertz CT molecular complexity index is 474. The fourth-order valence-electron chi connectivity index (χ4n) is 1.84. The van der Waals surface area contributed by atoms with Crippen LogP contribution in [-0.4, -0.2) is 31.1 Å². The first-order chi connectivity index (χ1) is 9.06. The summed E-state index contributed by atoms with van der Waals surface area (Å²) in [6.45, 7) is 1.80. The molecule has 0 aliphatic carbocycles. The van der Waals surface area contributed by atoms with Crippen molar-refractivity contribution < 1.29 is 14.7 Å². The monoisotopic (exact) mass is 265 g/mol. The van der Waals surface area contributed by atoms with Crippen molar-refractivity contribution in [2.75, 3.05) is 19.1 Å². The van der Waals surface area contributed by atoms with E-state index < -0.39 is 5.92 Å². The predicted octanol–water partition coefficient (Wildman–Crippen LogP) is 1.43. The molecule has 104 valence electrons. The first-order valence-electron chi connectivity index (χ1n) is 5.94. The fourth-order valence-corrected chi connectivity index (χ4v) is 1.84. The molecular formula is C13H19N3O3. The van der Waals surface area contributed by atoms with E-state index in [2.05, 4.69) is 5.16 Å². The number of benzene rings is 1. The number of para-hydroxylation sites is 2. The standard InChI is InChI=1S/C13H19N3O3/c1-4-9(12(14)15-18)13(17)16(2)10-7-5-6-8-11(10)19-3/h5-9,18H,4H2,1-3H3,(H2,14,15). The van der Waals surface area contributed by atoms with Crippen LogP contribution in [0.4, 0.5) is 5.69 Å². The van der Waals surface area contributed by atoms with Gasteiger partial charge in [-0.15, -0.1) is 0 Å². The van der Waals surface area contributed by atoms with Gasteiger partial charge in [-0.3, -0.25) is 4.79 Å². The number of anilines is 1. The summed E-state index contributed by atoms with van der Waals surface area (Å²) in [4.78, 5) is 13.8. The van der Waals surface area contributed by atoms with Crippen molar-refractivity contribution >= 4 is 17.4 Å². The number of nitrogens with two attached hydrogens (primary N) is 1. The number of carbonyl (C=O) groups excluding carboxylic acids is 1. The van der Waals surface area contributed by atoms with E-state index >= 15 is 0 Å². The lowest BCUT2D eigenvalue weighted by Crippen LogP contribution is -2.40. The second kappa shape index (κ2) is 6.63. The van der Waals surface area contributed by atoms with Gasteiger partial charge in [-0.25, -0.2) is 0 Å². The van der Waals surface area contributed by atoms with E-state index in [1.165, 1.54) is 12.0 Å². The van der Waals surface area contributed by atoms with E-state index in [1.807, 2.05) is 12.1 Å². The number of nitrogens with zero attached hydrogens (tertiary/aromatic N) is 2. The van der Waals surface area contributed by atoms with Crippen LogP contribution in [0, 0.1) is 5.92 Å². The topological polar surface area (TPSA) is 88.2 Å². The van der Waals surface area contributed by atoms with Crippen LogP contribution in [0.3, 0.4) is 0 Å². The minimum atomic E-state index is -0.653. The van der Waals surface area contributed by atoms with Crippen molar-refractivity contribution in [3.05, 3.63) is 24.3 Å². The SMILES string of the molecule is CCC(C(=O)N(C)c1ccccc1OC)C(N)=NO. The molecule has 0 saturated heterocycles. The maximum absolute atomic E-state index is 12.3. The fraction of sp³-hybridized carbons (Fsp3) is 0.385. The number of amidine groups is 1.